The number of carbonyl (C=O) groups excluding carboxylic acids is 3. The maximum absolute atomic E-state index is 12.5. The van der Waals surface area contributed by atoms with Crippen LogP contribution in [0.1, 0.15) is 20.8 Å². The van der Waals surface area contributed by atoms with Crippen LogP contribution in [0.2, 0.25) is 0 Å². The van der Waals surface area contributed by atoms with Gasteiger partial charge in [-0.15, -0.1) is 11.8 Å². The number of esters is 1. The quantitative estimate of drug-likeness (QED) is 0.565. The molecule has 28 heavy (non-hydrogen) atoms. The Hall–Kier alpha value is -2.68. The third-order valence-electron chi connectivity index (χ3n) is 3.97. The van der Waals surface area contributed by atoms with Crippen LogP contribution in [0.25, 0.3) is 0 Å². The normalized spacial score (nSPS) is 21.5. The van der Waals surface area contributed by atoms with Crippen LogP contribution >= 0.6 is 11.8 Å². The average molecular weight is 406 g/mol. The highest BCUT2D eigenvalue weighted by Crippen LogP contribution is 2.40. The van der Waals surface area contributed by atoms with Gasteiger partial charge < -0.3 is 19.9 Å². The topological polar surface area (TPSA) is 105 Å². The fraction of sp³-hybridized carbons (Fsp3) is 0.421. The van der Waals surface area contributed by atoms with Crippen molar-refractivity contribution in [3.63, 3.8) is 0 Å². The van der Waals surface area contributed by atoms with Crippen LogP contribution < -0.4 is 10.1 Å². The largest absolute Gasteiger partial charge is 0.509 e. The molecular formula is C19H22N2O6S. The summed E-state index contributed by atoms with van der Waals surface area (Å²) in [5, 5.41) is 12.3. The van der Waals surface area contributed by atoms with E-state index < -0.39 is 34.8 Å². The summed E-state index contributed by atoms with van der Waals surface area (Å²) in [6.07, 6.45) is 0. The van der Waals surface area contributed by atoms with E-state index in [1.54, 1.807) is 45.0 Å². The zero-order chi connectivity index (χ0) is 20.5. The van der Waals surface area contributed by atoms with Crippen molar-refractivity contribution >= 4 is 29.5 Å². The number of hydrogen-bond donors (Lipinski definition) is 2. The maximum Gasteiger partial charge on any atom is 0.359 e. The van der Waals surface area contributed by atoms with E-state index in [1.807, 2.05) is 6.07 Å². The number of carbonyl (C=O) groups is 3. The molecule has 0 saturated carbocycles. The van der Waals surface area contributed by atoms with Crippen molar-refractivity contribution in [2.75, 3.05) is 12.4 Å². The third kappa shape index (κ3) is 4.24. The van der Waals surface area contributed by atoms with Gasteiger partial charge in [-0.3, -0.25) is 14.5 Å². The van der Waals surface area contributed by atoms with Crippen molar-refractivity contribution in [3.05, 3.63) is 41.8 Å². The van der Waals surface area contributed by atoms with Gasteiger partial charge in [0, 0.05) is 0 Å². The smallest absolute Gasteiger partial charge is 0.359 e. The molecule has 0 aliphatic carbocycles. The van der Waals surface area contributed by atoms with Crippen LogP contribution in [-0.4, -0.2) is 57.2 Å². The van der Waals surface area contributed by atoms with E-state index in [-0.39, 0.29) is 23.8 Å². The number of amides is 2. The number of fused-ring (bicyclic) bond motifs is 1. The van der Waals surface area contributed by atoms with Crippen LogP contribution in [0.3, 0.4) is 0 Å². The predicted molar refractivity (Wildman–Crippen MR) is 102 cm³/mol. The minimum absolute atomic E-state index is 0.149. The van der Waals surface area contributed by atoms with E-state index in [9.17, 15) is 19.5 Å². The van der Waals surface area contributed by atoms with E-state index >= 15 is 0 Å². The number of hydrogen-bond acceptors (Lipinski definition) is 7. The first-order valence-corrected chi connectivity index (χ1v) is 9.79. The molecule has 9 heteroatoms. The number of para-hydroxylation sites is 1. The number of β-lactam (4-membered cyclic amide) rings is 1. The molecule has 3 rings (SSSR count). The summed E-state index contributed by atoms with van der Waals surface area (Å²) in [6.45, 7) is 4.87. The van der Waals surface area contributed by atoms with Gasteiger partial charge in [0.1, 0.15) is 28.5 Å². The molecule has 1 aromatic rings. The van der Waals surface area contributed by atoms with Crippen LogP contribution in [-0.2, 0) is 19.1 Å². The van der Waals surface area contributed by atoms with Crippen LogP contribution in [0.15, 0.2) is 41.8 Å². The Morgan fingerprint density at radius 1 is 1.29 bits per heavy atom. The van der Waals surface area contributed by atoms with E-state index in [4.69, 9.17) is 9.47 Å². The number of ether oxygens (including phenoxy) is 2. The Morgan fingerprint density at radius 3 is 2.61 bits per heavy atom. The highest BCUT2D eigenvalue weighted by Gasteiger charge is 2.55. The van der Waals surface area contributed by atoms with E-state index in [0.717, 1.165) is 0 Å². The van der Waals surface area contributed by atoms with Gasteiger partial charge in [-0.05, 0) is 32.9 Å². The molecule has 1 unspecified atom stereocenters. The van der Waals surface area contributed by atoms with Gasteiger partial charge in [-0.2, -0.15) is 0 Å². The Kier molecular flexibility index (Phi) is 5.55. The maximum atomic E-state index is 12.5. The van der Waals surface area contributed by atoms with Crippen molar-refractivity contribution in [1.82, 2.24) is 10.2 Å². The fourth-order valence-electron chi connectivity index (χ4n) is 2.80. The number of thioether (sulfide) groups is 1. The van der Waals surface area contributed by atoms with Gasteiger partial charge >= 0.3 is 5.97 Å². The highest BCUT2D eigenvalue weighted by molar-refractivity contribution is 8.00. The highest BCUT2D eigenvalue weighted by atomic mass is 32.2. The molecule has 1 aromatic carbocycles. The third-order valence-corrected chi connectivity index (χ3v) is 5.23. The van der Waals surface area contributed by atoms with Crippen LogP contribution in [0, 0.1) is 0 Å². The minimum Gasteiger partial charge on any atom is -0.509 e. The Bertz CT molecular complexity index is 817. The first kappa shape index (κ1) is 20.1. The lowest BCUT2D eigenvalue weighted by molar-refractivity contribution is -0.159. The molecule has 2 N–H and O–H groups in total. The zero-order valence-corrected chi connectivity index (χ0v) is 16.6. The lowest BCUT2D eigenvalue weighted by atomic mass is 10.0. The number of nitrogens with zero attached hydrogens (tertiary/aromatic N) is 1. The second-order valence-electron chi connectivity index (χ2n) is 7.35. The molecule has 1 saturated heterocycles. The van der Waals surface area contributed by atoms with Crippen molar-refractivity contribution in [2.24, 2.45) is 0 Å². The number of benzene rings is 1. The van der Waals surface area contributed by atoms with Gasteiger partial charge in [-0.1, -0.05) is 18.2 Å². The minimum atomic E-state index is -0.789. The van der Waals surface area contributed by atoms with Gasteiger partial charge in [0.2, 0.25) is 0 Å². The van der Waals surface area contributed by atoms with Crippen LogP contribution in [0.5, 0.6) is 5.75 Å². The summed E-state index contributed by atoms with van der Waals surface area (Å²) in [7, 11) is 0. The Morgan fingerprint density at radius 2 is 1.96 bits per heavy atom. The average Bonchev–Trinajstić information content (AvgIpc) is 2.63. The summed E-state index contributed by atoms with van der Waals surface area (Å²) in [5.74, 6) is -1.19. The summed E-state index contributed by atoms with van der Waals surface area (Å²) in [5.41, 5.74) is -0.921. The molecule has 8 nitrogen and oxygen atoms in total. The molecule has 2 atom stereocenters. The molecule has 0 aromatic heterocycles. The summed E-state index contributed by atoms with van der Waals surface area (Å²) in [6, 6.07) is 8.07. The Labute approximate surface area is 166 Å². The molecule has 2 heterocycles. The monoisotopic (exact) mass is 406 g/mol. The summed E-state index contributed by atoms with van der Waals surface area (Å²) < 4.78 is 10.7. The zero-order valence-electron chi connectivity index (χ0n) is 15.8. The van der Waals surface area contributed by atoms with Crippen LogP contribution in [0.4, 0.5) is 0 Å². The van der Waals surface area contributed by atoms with E-state index in [2.05, 4.69) is 5.32 Å². The predicted octanol–water partition coefficient (Wildman–Crippen LogP) is 1.58. The van der Waals surface area contributed by atoms with Crippen molar-refractivity contribution in [1.29, 1.82) is 0 Å². The fourth-order valence-corrected chi connectivity index (χ4v) is 4.00. The van der Waals surface area contributed by atoms with Gasteiger partial charge in [0.05, 0.1) is 5.75 Å². The van der Waals surface area contributed by atoms with E-state index in [0.29, 0.717) is 5.75 Å². The van der Waals surface area contributed by atoms with Crippen molar-refractivity contribution in [2.45, 2.75) is 37.8 Å². The van der Waals surface area contributed by atoms with Crippen molar-refractivity contribution < 1.29 is 29.0 Å². The second-order valence-corrected chi connectivity index (χ2v) is 8.46. The molecule has 0 radical (unpaired) electrons. The standard InChI is InChI=1S/C19H22N2O6S/c1-19(2,3)27-18(25)15-12(22)10-28-17-14(16(24)21(15)17)20-13(23)9-26-11-7-5-4-6-8-11/h4-8,14,17,22H,9-10H2,1-3H3,(H,20,23)/t14?,17-/m1/s1. The molecule has 0 bridgehead atoms. The molecule has 2 aliphatic rings. The number of aliphatic hydroxyl groups is 1. The number of nitrogens with one attached hydrogen (secondary N) is 1. The first-order valence-electron chi connectivity index (χ1n) is 8.75. The molecular weight excluding hydrogens is 384 g/mol. The van der Waals surface area contributed by atoms with Gasteiger partial charge in [0.15, 0.2) is 12.3 Å². The number of rotatable bonds is 5. The molecule has 0 spiro atoms. The molecule has 2 aliphatic heterocycles. The Balaban J connectivity index is 1.61. The number of aliphatic hydroxyl groups excluding tert-OH is 1. The molecule has 1 fully saturated rings. The summed E-state index contributed by atoms with van der Waals surface area (Å²) >= 11 is 1.26. The van der Waals surface area contributed by atoms with Crippen molar-refractivity contribution in [3.8, 4) is 5.75 Å². The lowest BCUT2D eigenvalue weighted by Crippen LogP contribution is -2.71. The molecule has 2 amide bonds. The SMILES string of the molecule is CC(C)(C)OC(=O)C1=C(O)CS[C@@H]2C(NC(=O)COc3ccccc3)C(=O)N12. The van der Waals surface area contributed by atoms with Gasteiger partial charge in [-0.25, -0.2) is 4.79 Å². The first-order chi connectivity index (χ1) is 13.2. The van der Waals surface area contributed by atoms with Gasteiger partial charge in [0.25, 0.3) is 11.8 Å². The molecule has 150 valence electrons. The second kappa shape index (κ2) is 7.75. The van der Waals surface area contributed by atoms with E-state index in [1.165, 1.54) is 16.7 Å². The lowest BCUT2D eigenvalue weighted by Gasteiger charge is -2.49. The summed E-state index contributed by atoms with van der Waals surface area (Å²) in [4.78, 5) is 38.3.